The number of anilines is 2. The van der Waals surface area contributed by atoms with Gasteiger partial charge in [-0.15, -0.1) is 0 Å². The molecule has 0 bridgehead atoms. The zero-order valence-corrected chi connectivity index (χ0v) is 15.1. The van der Waals surface area contributed by atoms with Crippen LogP contribution in [-0.2, 0) is 0 Å². The van der Waals surface area contributed by atoms with Crippen molar-refractivity contribution in [2.24, 2.45) is 0 Å². The monoisotopic (exact) mass is 363 g/mol. The van der Waals surface area contributed by atoms with Gasteiger partial charge in [0.2, 0.25) is 0 Å². The van der Waals surface area contributed by atoms with Gasteiger partial charge in [0, 0.05) is 22.7 Å². The molecule has 0 unspecified atom stereocenters. The molecular formula is C25H17NO2. The summed E-state index contributed by atoms with van der Waals surface area (Å²) in [7, 11) is 0. The van der Waals surface area contributed by atoms with Crippen molar-refractivity contribution in [2.45, 2.75) is 0 Å². The van der Waals surface area contributed by atoms with Gasteiger partial charge >= 0.3 is 5.63 Å². The molecule has 1 N–H and O–H groups in total. The molecule has 5 aromatic rings. The van der Waals surface area contributed by atoms with Crippen LogP contribution in [0.4, 0.5) is 11.4 Å². The predicted octanol–water partition coefficient (Wildman–Crippen LogP) is 6.36. The number of nitrogens with one attached hydrogen (secondary N) is 1. The summed E-state index contributed by atoms with van der Waals surface area (Å²) in [5.74, 6) is 0. The van der Waals surface area contributed by atoms with Crippen LogP contribution in [0.5, 0.6) is 0 Å². The van der Waals surface area contributed by atoms with E-state index in [0.717, 1.165) is 38.7 Å². The fraction of sp³-hybridized carbons (Fsp3) is 0. The molecule has 0 saturated heterocycles. The Balaban J connectivity index is 1.74. The van der Waals surface area contributed by atoms with Crippen molar-refractivity contribution in [2.75, 3.05) is 5.32 Å². The second-order valence-electron chi connectivity index (χ2n) is 6.68. The van der Waals surface area contributed by atoms with Gasteiger partial charge in [0.1, 0.15) is 5.58 Å². The summed E-state index contributed by atoms with van der Waals surface area (Å²) in [6.07, 6.45) is 0. The molecule has 0 fully saturated rings. The lowest BCUT2D eigenvalue weighted by molar-refractivity contribution is 0.562. The van der Waals surface area contributed by atoms with Gasteiger partial charge in [-0.1, -0.05) is 78.9 Å². The largest absolute Gasteiger partial charge is 0.423 e. The molecule has 3 heteroatoms. The number of hydrogen-bond acceptors (Lipinski definition) is 3. The molecule has 0 aliphatic carbocycles. The van der Waals surface area contributed by atoms with E-state index in [0.29, 0.717) is 5.58 Å². The standard InChI is InChI=1S/C25H17NO2/c27-24-16-22(25-20-12-5-4-10-18(20)14-15-23(25)28-24)26-21-13-7-6-11-19(21)17-8-2-1-3-9-17/h1-16,26H. The van der Waals surface area contributed by atoms with Gasteiger partial charge in [0.15, 0.2) is 0 Å². The molecule has 1 aromatic heterocycles. The Morgan fingerprint density at radius 3 is 2.32 bits per heavy atom. The van der Waals surface area contributed by atoms with Crippen LogP contribution in [0.1, 0.15) is 0 Å². The zero-order chi connectivity index (χ0) is 18.9. The normalized spacial score (nSPS) is 11.0. The Bertz CT molecular complexity index is 1350. The van der Waals surface area contributed by atoms with Gasteiger partial charge < -0.3 is 9.73 Å². The smallest absolute Gasteiger partial charge is 0.338 e. The summed E-state index contributed by atoms with van der Waals surface area (Å²) >= 11 is 0. The molecule has 1 heterocycles. The van der Waals surface area contributed by atoms with Crippen LogP contribution in [0.25, 0.3) is 32.9 Å². The van der Waals surface area contributed by atoms with Crippen LogP contribution in [0.2, 0.25) is 0 Å². The van der Waals surface area contributed by atoms with Crippen molar-refractivity contribution < 1.29 is 4.42 Å². The molecule has 5 rings (SSSR count). The van der Waals surface area contributed by atoms with Gasteiger partial charge in [-0.2, -0.15) is 0 Å². The van der Waals surface area contributed by atoms with Gasteiger partial charge in [-0.25, -0.2) is 4.79 Å². The van der Waals surface area contributed by atoms with Crippen molar-refractivity contribution in [3.05, 3.63) is 107 Å². The van der Waals surface area contributed by atoms with E-state index in [2.05, 4.69) is 29.6 Å². The van der Waals surface area contributed by atoms with Crippen molar-refractivity contribution in [3.63, 3.8) is 0 Å². The first kappa shape index (κ1) is 16.3. The summed E-state index contributed by atoms with van der Waals surface area (Å²) in [5, 5.41) is 6.54. The maximum atomic E-state index is 12.2. The number of para-hydroxylation sites is 1. The predicted molar refractivity (Wildman–Crippen MR) is 115 cm³/mol. The Hall–Kier alpha value is -3.85. The third kappa shape index (κ3) is 2.83. The van der Waals surface area contributed by atoms with Crippen molar-refractivity contribution in [1.82, 2.24) is 0 Å². The Morgan fingerprint density at radius 2 is 1.43 bits per heavy atom. The number of fused-ring (bicyclic) bond motifs is 3. The van der Waals surface area contributed by atoms with E-state index in [1.807, 2.05) is 66.7 Å². The maximum Gasteiger partial charge on any atom is 0.338 e. The molecule has 0 aliphatic rings. The molecule has 28 heavy (non-hydrogen) atoms. The Labute approximate surface area is 161 Å². The molecule has 134 valence electrons. The van der Waals surface area contributed by atoms with Crippen LogP contribution < -0.4 is 10.9 Å². The summed E-state index contributed by atoms with van der Waals surface area (Å²) in [5.41, 5.74) is 4.07. The highest BCUT2D eigenvalue weighted by molar-refractivity contribution is 6.12. The van der Waals surface area contributed by atoms with E-state index in [1.165, 1.54) is 6.07 Å². The number of rotatable bonds is 3. The summed E-state index contributed by atoms with van der Waals surface area (Å²) in [6, 6.07) is 31.7. The topological polar surface area (TPSA) is 42.2 Å². The summed E-state index contributed by atoms with van der Waals surface area (Å²) in [4.78, 5) is 12.2. The van der Waals surface area contributed by atoms with E-state index < -0.39 is 0 Å². The quantitative estimate of drug-likeness (QED) is 0.300. The third-order valence-corrected chi connectivity index (χ3v) is 4.91. The lowest BCUT2D eigenvalue weighted by Crippen LogP contribution is -2.02. The molecule has 0 atom stereocenters. The molecule has 0 aliphatic heterocycles. The first-order chi connectivity index (χ1) is 13.8. The van der Waals surface area contributed by atoms with Crippen LogP contribution in [0.3, 0.4) is 0 Å². The zero-order valence-electron chi connectivity index (χ0n) is 15.1. The minimum absolute atomic E-state index is 0.373. The lowest BCUT2D eigenvalue weighted by Gasteiger charge is -2.14. The van der Waals surface area contributed by atoms with Crippen LogP contribution in [0.15, 0.2) is 106 Å². The second kappa shape index (κ2) is 6.71. The highest BCUT2D eigenvalue weighted by Crippen LogP contribution is 2.35. The maximum absolute atomic E-state index is 12.2. The molecule has 0 amide bonds. The number of benzene rings is 4. The van der Waals surface area contributed by atoms with Crippen molar-refractivity contribution in [1.29, 1.82) is 0 Å². The van der Waals surface area contributed by atoms with Crippen molar-refractivity contribution >= 4 is 33.1 Å². The number of hydrogen-bond donors (Lipinski definition) is 1. The highest BCUT2D eigenvalue weighted by atomic mass is 16.4. The molecule has 3 nitrogen and oxygen atoms in total. The summed E-state index contributed by atoms with van der Waals surface area (Å²) < 4.78 is 5.47. The van der Waals surface area contributed by atoms with Crippen LogP contribution in [-0.4, -0.2) is 0 Å². The Kier molecular flexibility index (Phi) is 3.91. The van der Waals surface area contributed by atoms with Gasteiger partial charge in [0.25, 0.3) is 0 Å². The molecule has 0 radical (unpaired) electrons. The highest BCUT2D eigenvalue weighted by Gasteiger charge is 2.12. The minimum Gasteiger partial charge on any atom is -0.423 e. The van der Waals surface area contributed by atoms with Crippen LogP contribution >= 0.6 is 0 Å². The van der Waals surface area contributed by atoms with E-state index in [9.17, 15) is 4.79 Å². The average Bonchev–Trinajstić information content (AvgIpc) is 2.74. The van der Waals surface area contributed by atoms with E-state index in [1.54, 1.807) is 0 Å². The molecule has 4 aromatic carbocycles. The fourth-order valence-corrected chi connectivity index (χ4v) is 3.65. The first-order valence-corrected chi connectivity index (χ1v) is 9.17. The third-order valence-electron chi connectivity index (χ3n) is 4.91. The summed E-state index contributed by atoms with van der Waals surface area (Å²) in [6.45, 7) is 0. The molecule has 0 saturated carbocycles. The molecule has 0 spiro atoms. The van der Waals surface area contributed by atoms with E-state index in [-0.39, 0.29) is 5.63 Å². The van der Waals surface area contributed by atoms with Crippen molar-refractivity contribution in [3.8, 4) is 11.1 Å². The SMILES string of the molecule is O=c1cc(Nc2ccccc2-c2ccccc2)c2c(ccc3ccccc32)o1. The van der Waals surface area contributed by atoms with Gasteiger partial charge in [-0.3, -0.25) is 0 Å². The molecular weight excluding hydrogens is 346 g/mol. The second-order valence-corrected chi connectivity index (χ2v) is 6.68. The fourth-order valence-electron chi connectivity index (χ4n) is 3.65. The lowest BCUT2D eigenvalue weighted by atomic mass is 10.0. The minimum atomic E-state index is -0.373. The Morgan fingerprint density at radius 1 is 0.679 bits per heavy atom. The first-order valence-electron chi connectivity index (χ1n) is 9.17. The van der Waals surface area contributed by atoms with Crippen LogP contribution in [0, 0.1) is 0 Å². The van der Waals surface area contributed by atoms with Gasteiger partial charge in [-0.05, 0) is 28.5 Å². The van der Waals surface area contributed by atoms with E-state index in [4.69, 9.17) is 4.42 Å². The van der Waals surface area contributed by atoms with Gasteiger partial charge in [0.05, 0.1) is 5.69 Å². The van der Waals surface area contributed by atoms with E-state index >= 15 is 0 Å². The average molecular weight is 363 g/mol.